The van der Waals surface area contributed by atoms with Crippen molar-refractivity contribution < 1.29 is 18.8 Å². The summed E-state index contributed by atoms with van der Waals surface area (Å²) in [6, 6.07) is 8.93. The van der Waals surface area contributed by atoms with Crippen LogP contribution in [0.2, 0.25) is 0 Å². The Kier molecular flexibility index (Phi) is 5.13. The fourth-order valence-corrected chi connectivity index (χ4v) is 3.31. The lowest BCUT2D eigenvalue weighted by Crippen LogP contribution is -2.45. The Morgan fingerprint density at radius 1 is 1.23 bits per heavy atom. The van der Waals surface area contributed by atoms with Gasteiger partial charge in [-0.2, -0.15) is 0 Å². The molecule has 2 N–H and O–H groups in total. The maximum atomic E-state index is 12.3. The van der Waals surface area contributed by atoms with Crippen LogP contribution in [0.3, 0.4) is 0 Å². The standard InChI is InChI=1S/C18H18BrN3O4/c1-10-6-15(11(2)26-10)18(25)21-20-17(24)12-7-16(23)22(9-12)14-5-3-4-13(19)8-14/h3-6,8,12H,7,9H2,1-2H3,(H,20,24)(H,21,25)/t12-/m1/s1. The molecule has 1 aliphatic heterocycles. The van der Waals surface area contributed by atoms with E-state index < -0.39 is 17.7 Å². The highest BCUT2D eigenvalue weighted by Crippen LogP contribution is 2.27. The normalized spacial score (nSPS) is 16.7. The van der Waals surface area contributed by atoms with E-state index >= 15 is 0 Å². The average Bonchev–Trinajstić information content (AvgIpc) is 3.14. The second kappa shape index (κ2) is 7.33. The van der Waals surface area contributed by atoms with E-state index in [-0.39, 0.29) is 18.9 Å². The summed E-state index contributed by atoms with van der Waals surface area (Å²) in [5.74, 6) is -0.427. The summed E-state index contributed by atoms with van der Waals surface area (Å²) in [6.45, 7) is 3.68. The molecule has 3 rings (SSSR count). The first-order valence-electron chi connectivity index (χ1n) is 8.08. The smallest absolute Gasteiger partial charge is 0.273 e. The summed E-state index contributed by atoms with van der Waals surface area (Å²) in [5.41, 5.74) is 5.86. The number of nitrogens with zero attached hydrogens (tertiary/aromatic N) is 1. The molecule has 1 aromatic heterocycles. The van der Waals surface area contributed by atoms with E-state index in [2.05, 4.69) is 26.8 Å². The first-order chi connectivity index (χ1) is 12.3. The topological polar surface area (TPSA) is 91.7 Å². The molecule has 2 aromatic rings. The zero-order valence-corrected chi connectivity index (χ0v) is 15.9. The minimum atomic E-state index is -0.533. The Morgan fingerprint density at radius 2 is 2.00 bits per heavy atom. The van der Waals surface area contributed by atoms with Crippen LogP contribution in [0.5, 0.6) is 0 Å². The monoisotopic (exact) mass is 419 g/mol. The summed E-state index contributed by atoms with van der Waals surface area (Å²) in [4.78, 5) is 38.2. The molecule has 1 aromatic carbocycles. The van der Waals surface area contributed by atoms with Gasteiger partial charge in [0.05, 0.1) is 11.5 Å². The fraction of sp³-hybridized carbons (Fsp3) is 0.278. The van der Waals surface area contributed by atoms with Gasteiger partial charge in [0, 0.05) is 23.1 Å². The van der Waals surface area contributed by atoms with Gasteiger partial charge in [0.25, 0.3) is 5.91 Å². The number of nitrogens with one attached hydrogen (secondary N) is 2. The van der Waals surface area contributed by atoms with Crippen LogP contribution in [-0.2, 0) is 9.59 Å². The van der Waals surface area contributed by atoms with E-state index in [4.69, 9.17) is 4.42 Å². The minimum absolute atomic E-state index is 0.0953. The van der Waals surface area contributed by atoms with E-state index in [0.717, 1.165) is 10.2 Å². The van der Waals surface area contributed by atoms with Gasteiger partial charge in [0.2, 0.25) is 11.8 Å². The van der Waals surface area contributed by atoms with Crippen LogP contribution < -0.4 is 15.8 Å². The van der Waals surface area contributed by atoms with E-state index in [9.17, 15) is 14.4 Å². The predicted octanol–water partition coefficient (Wildman–Crippen LogP) is 2.47. The SMILES string of the molecule is Cc1cc(C(=O)NNC(=O)[C@@H]2CC(=O)N(c3cccc(Br)c3)C2)c(C)o1. The van der Waals surface area contributed by atoms with Gasteiger partial charge < -0.3 is 9.32 Å². The van der Waals surface area contributed by atoms with E-state index in [1.807, 2.05) is 24.3 Å². The molecule has 7 nitrogen and oxygen atoms in total. The van der Waals surface area contributed by atoms with E-state index in [1.54, 1.807) is 24.8 Å². The zero-order valence-electron chi connectivity index (χ0n) is 14.3. The molecule has 0 radical (unpaired) electrons. The third kappa shape index (κ3) is 3.80. The number of hydrazine groups is 1. The molecular weight excluding hydrogens is 402 g/mol. The van der Waals surface area contributed by atoms with Gasteiger partial charge in [0.15, 0.2) is 0 Å². The van der Waals surface area contributed by atoms with Crippen LogP contribution in [0.4, 0.5) is 5.69 Å². The third-order valence-corrected chi connectivity index (χ3v) is 4.69. The van der Waals surface area contributed by atoms with Gasteiger partial charge in [-0.05, 0) is 38.1 Å². The van der Waals surface area contributed by atoms with Crippen molar-refractivity contribution >= 4 is 39.3 Å². The Balaban J connectivity index is 1.60. The summed E-state index contributed by atoms with van der Waals surface area (Å²) in [6.07, 6.45) is 0.0953. The molecule has 3 amide bonds. The zero-order chi connectivity index (χ0) is 18.8. The lowest BCUT2D eigenvalue weighted by Gasteiger charge is -2.17. The number of rotatable bonds is 3. The van der Waals surface area contributed by atoms with Crippen LogP contribution in [-0.4, -0.2) is 24.3 Å². The van der Waals surface area contributed by atoms with Crippen molar-refractivity contribution in [3.63, 3.8) is 0 Å². The van der Waals surface area contributed by atoms with Crippen molar-refractivity contribution in [2.24, 2.45) is 5.92 Å². The number of anilines is 1. The van der Waals surface area contributed by atoms with Crippen molar-refractivity contribution in [3.05, 3.63) is 51.9 Å². The first-order valence-corrected chi connectivity index (χ1v) is 8.87. The highest BCUT2D eigenvalue weighted by Gasteiger charge is 2.35. The summed E-state index contributed by atoms with van der Waals surface area (Å²) < 4.78 is 6.16. The predicted molar refractivity (Wildman–Crippen MR) is 98.4 cm³/mol. The molecular formula is C18H18BrN3O4. The van der Waals surface area contributed by atoms with Crippen LogP contribution in [0, 0.1) is 19.8 Å². The number of amides is 3. The van der Waals surface area contributed by atoms with Crippen molar-refractivity contribution in [1.82, 2.24) is 10.9 Å². The molecule has 0 spiro atoms. The number of hydrogen-bond acceptors (Lipinski definition) is 4. The number of halogens is 1. The summed E-state index contributed by atoms with van der Waals surface area (Å²) in [5, 5.41) is 0. The molecule has 0 aliphatic carbocycles. The largest absolute Gasteiger partial charge is 0.466 e. The molecule has 1 atom stereocenters. The highest BCUT2D eigenvalue weighted by molar-refractivity contribution is 9.10. The highest BCUT2D eigenvalue weighted by atomic mass is 79.9. The second-order valence-corrected chi connectivity index (χ2v) is 7.07. The number of benzene rings is 1. The number of furan rings is 1. The lowest BCUT2D eigenvalue weighted by molar-refractivity contribution is -0.126. The van der Waals surface area contributed by atoms with E-state index in [0.29, 0.717) is 17.1 Å². The minimum Gasteiger partial charge on any atom is -0.466 e. The number of aryl methyl sites for hydroxylation is 2. The Morgan fingerprint density at radius 3 is 2.65 bits per heavy atom. The van der Waals surface area contributed by atoms with Gasteiger partial charge in [0.1, 0.15) is 11.5 Å². The number of carbonyl (C=O) groups is 3. The van der Waals surface area contributed by atoms with Crippen molar-refractivity contribution in [2.45, 2.75) is 20.3 Å². The fourth-order valence-electron chi connectivity index (χ4n) is 2.92. The molecule has 136 valence electrons. The molecule has 8 heteroatoms. The van der Waals surface area contributed by atoms with Crippen LogP contribution >= 0.6 is 15.9 Å². The Hall–Kier alpha value is -2.61. The quantitative estimate of drug-likeness (QED) is 0.747. The van der Waals surface area contributed by atoms with Crippen LogP contribution in [0.1, 0.15) is 28.3 Å². The maximum absolute atomic E-state index is 12.3. The van der Waals surface area contributed by atoms with Crippen LogP contribution in [0.25, 0.3) is 0 Å². The van der Waals surface area contributed by atoms with Crippen molar-refractivity contribution in [3.8, 4) is 0 Å². The van der Waals surface area contributed by atoms with Gasteiger partial charge in [-0.25, -0.2) is 0 Å². The second-order valence-electron chi connectivity index (χ2n) is 6.16. The molecule has 0 saturated carbocycles. The first kappa shape index (κ1) is 18.2. The van der Waals surface area contributed by atoms with Crippen LogP contribution in [0.15, 0.2) is 39.2 Å². The van der Waals surface area contributed by atoms with Crippen molar-refractivity contribution in [2.75, 3.05) is 11.4 Å². The molecule has 2 heterocycles. The number of hydrogen-bond donors (Lipinski definition) is 2. The molecule has 1 saturated heterocycles. The van der Waals surface area contributed by atoms with E-state index in [1.165, 1.54) is 0 Å². The summed E-state index contributed by atoms with van der Waals surface area (Å²) in [7, 11) is 0. The van der Waals surface area contributed by atoms with Gasteiger partial charge in [-0.15, -0.1) is 0 Å². The molecule has 0 unspecified atom stereocenters. The molecule has 0 bridgehead atoms. The van der Waals surface area contributed by atoms with Crippen molar-refractivity contribution in [1.29, 1.82) is 0 Å². The Labute approximate surface area is 158 Å². The molecule has 26 heavy (non-hydrogen) atoms. The van der Waals surface area contributed by atoms with Gasteiger partial charge in [-0.1, -0.05) is 22.0 Å². The van der Waals surface area contributed by atoms with Gasteiger partial charge >= 0.3 is 0 Å². The third-order valence-electron chi connectivity index (χ3n) is 4.20. The average molecular weight is 420 g/mol. The Bertz CT molecular complexity index is 877. The summed E-state index contributed by atoms with van der Waals surface area (Å²) >= 11 is 3.37. The number of carbonyl (C=O) groups excluding carboxylic acids is 3. The molecule has 1 aliphatic rings. The molecule has 1 fully saturated rings. The lowest BCUT2D eigenvalue weighted by atomic mass is 10.1. The van der Waals surface area contributed by atoms with Gasteiger partial charge in [-0.3, -0.25) is 25.2 Å². The maximum Gasteiger partial charge on any atom is 0.273 e.